The van der Waals surface area contributed by atoms with E-state index in [-0.39, 0.29) is 18.0 Å². The van der Waals surface area contributed by atoms with Gasteiger partial charge in [0.25, 0.3) is 11.5 Å². The van der Waals surface area contributed by atoms with Gasteiger partial charge in [0, 0.05) is 18.5 Å². The third kappa shape index (κ3) is 3.11. The molecule has 1 N–H and O–H groups in total. The average Bonchev–Trinajstić information content (AvgIpc) is 2.54. The second kappa shape index (κ2) is 6.66. The second-order valence-electron chi connectivity index (χ2n) is 5.77. The first kappa shape index (κ1) is 15.3. The molecule has 0 radical (unpaired) electrons. The highest BCUT2D eigenvalue weighted by Crippen LogP contribution is 2.16. The molecule has 0 spiro atoms. The predicted octanol–water partition coefficient (Wildman–Crippen LogP) is 1.88. The van der Waals surface area contributed by atoms with Crippen LogP contribution >= 0.6 is 0 Å². The first-order valence-electron chi connectivity index (χ1n) is 7.96. The number of terminal acetylenes is 1. The highest BCUT2D eigenvalue weighted by Gasteiger charge is 2.14. The number of nitrogens with zero attached hydrogens (tertiary/aromatic N) is 2. The highest BCUT2D eigenvalue weighted by molar-refractivity contribution is 5.97. The Balaban J connectivity index is 2.06. The Morgan fingerprint density at radius 1 is 1.30 bits per heavy atom. The number of fused-ring (bicyclic) bond motifs is 2. The fourth-order valence-electron chi connectivity index (χ4n) is 2.97. The van der Waals surface area contributed by atoms with Gasteiger partial charge in [0.15, 0.2) is 0 Å². The molecule has 3 rings (SSSR count). The summed E-state index contributed by atoms with van der Waals surface area (Å²) in [5.74, 6) is 2.94. The van der Waals surface area contributed by atoms with Gasteiger partial charge in [-0.3, -0.25) is 14.2 Å². The predicted molar refractivity (Wildman–Crippen MR) is 89.3 cm³/mol. The van der Waals surface area contributed by atoms with E-state index in [1.807, 2.05) is 0 Å². The summed E-state index contributed by atoms with van der Waals surface area (Å²) in [5, 5.41) is 3.18. The number of carbonyl (C=O) groups is 1. The summed E-state index contributed by atoms with van der Waals surface area (Å²) in [7, 11) is 0. The van der Waals surface area contributed by atoms with Crippen LogP contribution in [0.1, 0.15) is 41.9 Å². The molecule has 0 aliphatic carbocycles. The van der Waals surface area contributed by atoms with Gasteiger partial charge in [0.2, 0.25) is 0 Å². The maximum atomic E-state index is 12.7. The largest absolute Gasteiger partial charge is 0.341 e. The zero-order chi connectivity index (χ0) is 16.2. The average molecular weight is 309 g/mol. The molecule has 2 heterocycles. The van der Waals surface area contributed by atoms with Crippen LogP contribution in [0.3, 0.4) is 0 Å². The Bertz CT molecular complexity index is 846. The molecular formula is C18H19N3O2. The molecule has 118 valence electrons. The number of aromatic nitrogens is 2. The molecule has 1 aromatic carbocycles. The Hall–Kier alpha value is -2.61. The first-order valence-corrected chi connectivity index (χ1v) is 7.96. The molecule has 0 saturated heterocycles. The molecule has 1 aromatic heterocycles. The SMILES string of the molecule is C#CCNC(=O)c1ccc2c(=O)n3c(nc2c1)CCCCCC3. The van der Waals surface area contributed by atoms with Gasteiger partial charge in [-0.15, -0.1) is 6.42 Å². The summed E-state index contributed by atoms with van der Waals surface area (Å²) < 4.78 is 1.79. The Kier molecular flexibility index (Phi) is 4.42. The van der Waals surface area contributed by atoms with Crippen molar-refractivity contribution in [2.75, 3.05) is 6.54 Å². The maximum Gasteiger partial charge on any atom is 0.261 e. The lowest BCUT2D eigenvalue weighted by Crippen LogP contribution is -2.27. The molecule has 0 unspecified atom stereocenters. The molecular weight excluding hydrogens is 290 g/mol. The molecule has 1 aliphatic heterocycles. The molecule has 2 aromatic rings. The normalized spacial score (nSPS) is 14.4. The maximum absolute atomic E-state index is 12.7. The fourth-order valence-corrected chi connectivity index (χ4v) is 2.97. The van der Waals surface area contributed by atoms with Crippen molar-refractivity contribution in [1.82, 2.24) is 14.9 Å². The lowest BCUT2D eigenvalue weighted by Gasteiger charge is -2.16. The Labute approximate surface area is 134 Å². The topological polar surface area (TPSA) is 64.0 Å². The van der Waals surface area contributed by atoms with Crippen LogP contribution in [0.5, 0.6) is 0 Å². The second-order valence-corrected chi connectivity index (χ2v) is 5.77. The lowest BCUT2D eigenvalue weighted by atomic mass is 10.1. The van der Waals surface area contributed by atoms with Crippen LogP contribution in [0, 0.1) is 12.3 Å². The molecule has 5 nitrogen and oxygen atoms in total. The van der Waals surface area contributed by atoms with E-state index < -0.39 is 0 Å². The molecule has 5 heteroatoms. The number of benzene rings is 1. The van der Waals surface area contributed by atoms with E-state index in [2.05, 4.69) is 16.2 Å². The van der Waals surface area contributed by atoms with Crippen molar-refractivity contribution in [3.05, 3.63) is 39.9 Å². The monoisotopic (exact) mass is 309 g/mol. The minimum absolute atomic E-state index is 0.0116. The van der Waals surface area contributed by atoms with Gasteiger partial charge in [-0.25, -0.2) is 4.98 Å². The number of aryl methyl sites for hydroxylation is 1. The number of hydrogen-bond acceptors (Lipinski definition) is 3. The summed E-state index contributed by atoms with van der Waals surface area (Å²) in [6.07, 6.45) is 10.3. The molecule has 0 fully saturated rings. The van der Waals surface area contributed by atoms with E-state index >= 15 is 0 Å². The first-order chi connectivity index (χ1) is 11.2. The zero-order valence-corrected chi connectivity index (χ0v) is 13.0. The lowest BCUT2D eigenvalue weighted by molar-refractivity contribution is 0.0959. The molecule has 0 saturated carbocycles. The molecule has 0 atom stereocenters. The van der Waals surface area contributed by atoms with Crippen LogP contribution in [-0.2, 0) is 13.0 Å². The van der Waals surface area contributed by atoms with E-state index in [0.717, 1.165) is 38.1 Å². The summed E-state index contributed by atoms with van der Waals surface area (Å²) in [4.78, 5) is 29.3. The van der Waals surface area contributed by atoms with Gasteiger partial charge in [-0.2, -0.15) is 0 Å². The van der Waals surface area contributed by atoms with Crippen LogP contribution in [0.15, 0.2) is 23.0 Å². The van der Waals surface area contributed by atoms with Crippen LogP contribution < -0.4 is 10.9 Å². The Morgan fingerprint density at radius 2 is 2.13 bits per heavy atom. The number of carbonyl (C=O) groups excluding carboxylic acids is 1. The number of nitrogens with one attached hydrogen (secondary N) is 1. The number of amides is 1. The van der Waals surface area contributed by atoms with Crippen molar-refractivity contribution < 1.29 is 4.79 Å². The van der Waals surface area contributed by atoms with Gasteiger partial charge in [-0.05, 0) is 31.0 Å². The minimum Gasteiger partial charge on any atom is -0.341 e. The quantitative estimate of drug-likeness (QED) is 0.862. The van der Waals surface area contributed by atoms with Crippen LogP contribution in [0.4, 0.5) is 0 Å². The van der Waals surface area contributed by atoms with E-state index in [4.69, 9.17) is 6.42 Å². The molecule has 1 aliphatic rings. The highest BCUT2D eigenvalue weighted by atomic mass is 16.1. The third-order valence-corrected chi connectivity index (χ3v) is 4.18. The van der Waals surface area contributed by atoms with E-state index in [1.54, 1.807) is 22.8 Å². The van der Waals surface area contributed by atoms with Crippen molar-refractivity contribution >= 4 is 16.8 Å². The van der Waals surface area contributed by atoms with Gasteiger partial charge in [-0.1, -0.05) is 18.8 Å². The smallest absolute Gasteiger partial charge is 0.261 e. The third-order valence-electron chi connectivity index (χ3n) is 4.18. The number of rotatable bonds is 2. The van der Waals surface area contributed by atoms with E-state index in [1.165, 1.54) is 6.42 Å². The summed E-state index contributed by atoms with van der Waals surface area (Å²) in [6, 6.07) is 5.00. The number of hydrogen-bond donors (Lipinski definition) is 1. The summed E-state index contributed by atoms with van der Waals surface area (Å²) in [6.45, 7) is 0.901. The van der Waals surface area contributed by atoms with Crippen LogP contribution in [-0.4, -0.2) is 22.0 Å². The minimum atomic E-state index is -0.251. The molecule has 1 amide bonds. The zero-order valence-electron chi connectivity index (χ0n) is 13.0. The van der Waals surface area contributed by atoms with E-state index in [0.29, 0.717) is 16.5 Å². The van der Waals surface area contributed by atoms with Crippen LogP contribution in [0.2, 0.25) is 0 Å². The van der Waals surface area contributed by atoms with Crippen molar-refractivity contribution in [3.8, 4) is 12.3 Å². The van der Waals surface area contributed by atoms with Crippen molar-refractivity contribution in [1.29, 1.82) is 0 Å². The van der Waals surface area contributed by atoms with Gasteiger partial charge in [0.1, 0.15) is 5.82 Å². The summed E-state index contributed by atoms with van der Waals surface area (Å²) >= 11 is 0. The van der Waals surface area contributed by atoms with Crippen LogP contribution in [0.25, 0.3) is 10.9 Å². The van der Waals surface area contributed by atoms with Gasteiger partial charge >= 0.3 is 0 Å². The molecule has 0 bridgehead atoms. The summed E-state index contributed by atoms with van der Waals surface area (Å²) in [5.41, 5.74) is 1.04. The standard InChI is InChI=1S/C18H19N3O2/c1-2-10-19-17(22)13-8-9-14-15(12-13)20-16-7-5-3-4-6-11-21(16)18(14)23/h1,8-9,12H,3-7,10-11H2,(H,19,22). The fraction of sp³-hybridized carbons (Fsp3) is 0.389. The van der Waals surface area contributed by atoms with Crippen molar-refractivity contribution in [2.45, 2.75) is 38.6 Å². The van der Waals surface area contributed by atoms with Crippen molar-refractivity contribution in [3.63, 3.8) is 0 Å². The molecule has 23 heavy (non-hydrogen) atoms. The van der Waals surface area contributed by atoms with Crippen molar-refractivity contribution in [2.24, 2.45) is 0 Å². The van der Waals surface area contributed by atoms with Gasteiger partial charge in [0.05, 0.1) is 17.4 Å². The van der Waals surface area contributed by atoms with E-state index in [9.17, 15) is 9.59 Å². The Morgan fingerprint density at radius 3 is 2.96 bits per heavy atom. The van der Waals surface area contributed by atoms with Gasteiger partial charge < -0.3 is 5.32 Å².